The van der Waals surface area contributed by atoms with E-state index in [-0.39, 0.29) is 18.5 Å². The van der Waals surface area contributed by atoms with E-state index >= 15 is 0 Å². The fourth-order valence-corrected chi connectivity index (χ4v) is 7.92. The number of esters is 1. The van der Waals surface area contributed by atoms with Crippen molar-refractivity contribution < 1.29 is 24.5 Å². The van der Waals surface area contributed by atoms with Gasteiger partial charge in [-0.05, 0) is 83.5 Å². The van der Waals surface area contributed by atoms with Gasteiger partial charge in [0.05, 0.1) is 25.4 Å². The number of unbranched alkanes of at least 4 members (excludes halogenated alkanes) is 33. The van der Waals surface area contributed by atoms with Crippen molar-refractivity contribution >= 4 is 11.9 Å². The Bertz CT molecular complexity index is 920. The third-order valence-electron chi connectivity index (χ3n) is 12.0. The average Bonchev–Trinajstić information content (AvgIpc) is 3.24. The number of carbonyl (C=O) groups excluding carboxylic acids is 2. The lowest BCUT2D eigenvalue weighted by molar-refractivity contribution is -0.143. The molecule has 3 N–H and O–H groups in total. The van der Waals surface area contributed by atoms with E-state index in [9.17, 15) is 19.8 Å². The molecule has 59 heavy (non-hydrogen) atoms. The van der Waals surface area contributed by atoms with Crippen molar-refractivity contribution in [2.75, 3.05) is 13.2 Å². The zero-order valence-electron chi connectivity index (χ0n) is 39.5. The number of hydrogen-bond donors (Lipinski definition) is 3. The van der Waals surface area contributed by atoms with Crippen molar-refractivity contribution in [3.63, 3.8) is 0 Å². The minimum Gasteiger partial charge on any atom is -0.466 e. The van der Waals surface area contributed by atoms with E-state index in [0.29, 0.717) is 25.9 Å². The molecule has 0 saturated heterocycles. The van der Waals surface area contributed by atoms with Crippen molar-refractivity contribution in [2.24, 2.45) is 0 Å². The van der Waals surface area contributed by atoms with Gasteiger partial charge in [-0.25, -0.2) is 0 Å². The molecule has 2 atom stereocenters. The van der Waals surface area contributed by atoms with Crippen LogP contribution in [-0.2, 0) is 14.3 Å². The molecule has 6 nitrogen and oxygen atoms in total. The first-order valence-corrected chi connectivity index (χ1v) is 26.1. The lowest BCUT2D eigenvalue weighted by Gasteiger charge is -2.22. The smallest absolute Gasteiger partial charge is 0.305 e. The fourth-order valence-electron chi connectivity index (χ4n) is 7.92. The van der Waals surface area contributed by atoms with Crippen LogP contribution in [0.15, 0.2) is 24.3 Å². The van der Waals surface area contributed by atoms with E-state index < -0.39 is 12.1 Å². The Morgan fingerprint density at radius 3 is 1.20 bits per heavy atom. The van der Waals surface area contributed by atoms with E-state index in [1.807, 2.05) is 0 Å². The van der Waals surface area contributed by atoms with Crippen LogP contribution in [0.2, 0.25) is 0 Å². The molecule has 6 heteroatoms. The van der Waals surface area contributed by atoms with Crippen LogP contribution in [0, 0.1) is 0 Å². The molecule has 0 spiro atoms. The fraction of sp³-hybridized carbons (Fsp3) is 0.887. The van der Waals surface area contributed by atoms with Gasteiger partial charge in [-0.15, -0.1) is 0 Å². The molecule has 0 saturated carbocycles. The van der Waals surface area contributed by atoms with Crippen molar-refractivity contribution in [2.45, 2.75) is 289 Å². The number of carbonyl (C=O) groups is 2. The maximum Gasteiger partial charge on any atom is 0.305 e. The van der Waals surface area contributed by atoms with E-state index in [2.05, 4.69) is 43.5 Å². The molecule has 0 bridgehead atoms. The Morgan fingerprint density at radius 2 is 0.797 bits per heavy atom. The zero-order valence-corrected chi connectivity index (χ0v) is 39.5. The summed E-state index contributed by atoms with van der Waals surface area (Å²) in [6, 6.07) is -0.559. The summed E-state index contributed by atoms with van der Waals surface area (Å²) in [5.74, 6) is -0.0875. The number of aliphatic hydroxyl groups excluding tert-OH is 2. The number of aliphatic hydroxyl groups is 2. The van der Waals surface area contributed by atoms with Crippen LogP contribution < -0.4 is 5.32 Å². The topological polar surface area (TPSA) is 95.9 Å². The predicted molar refractivity (Wildman–Crippen MR) is 255 cm³/mol. The molecule has 1 amide bonds. The maximum absolute atomic E-state index is 12.4. The molecule has 0 fully saturated rings. The van der Waals surface area contributed by atoms with Crippen LogP contribution in [0.4, 0.5) is 0 Å². The number of rotatable bonds is 48. The largest absolute Gasteiger partial charge is 0.466 e. The highest BCUT2D eigenvalue weighted by Gasteiger charge is 2.20. The van der Waals surface area contributed by atoms with Gasteiger partial charge in [-0.1, -0.05) is 205 Å². The highest BCUT2D eigenvalue weighted by atomic mass is 16.5. The Hall–Kier alpha value is -1.66. The van der Waals surface area contributed by atoms with E-state index in [0.717, 1.165) is 77.0 Å². The van der Waals surface area contributed by atoms with Crippen LogP contribution in [-0.4, -0.2) is 47.4 Å². The van der Waals surface area contributed by atoms with Crippen LogP contribution in [0.25, 0.3) is 0 Å². The van der Waals surface area contributed by atoms with Gasteiger partial charge in [0.1, 0.15) is 0 Å². The van der Waals surface area contributed by atoms with E-state index in [1.165, 1.54) is 167 Å². The van der Waals surface area contributed by atoms with E-state index in [4.69, 9.17) is 4.74 Å². The summed E-state index contributed by atoms with van der Waals surface area (Å²) in [7, 11) is 0. The van der Waals surface area contributed by atoms with Crippen molar-refractivity contribution in [1.82, 2.24) is 5.32 Å². The highest BCUT2D eigenvalue weighted by molar-refractivity contribution is 5.76. The van der Waals surface area contributed by atoms with Crippen molar-refractivity contribution in [1.29, 1.82) is 0 Å². The number of nitrogens with one attached hydrogen (secondary N) is 1. The third-order valence-corrected chi connectivity index (χ3v) is 12.0. The summed E-state index contributed by atoms with van der Waals surface area (Å²) in [6.45, 7) is 4.88. The second kappa shape index (κ2) is 49.0. The number of amides is 1. The van der Waals surface area contributed by atoms with Crippen LogP contribution in [0.5, 0.6) is 0 Å². The quantitative estimate of drug-likeness (QED) is 0.0322. The Kier molecular flexibility index (Phi) is 47.6. The molecular weight excluding hydrogens is 731 g/mol. The van der Waals surface area contributed by atoms with Crippen molar-refractivity contribution in [3.8, 4) is 0 Å². The molecule has 0 rings (SSSR count). The summed E-state index contributed by atoms with van der Waals surface area (Å²) in [6.07, 6.45) is 57.2. The summed E-state index contributed by atoms with van der Waals surface area (Å²) >= 11 is 0. The number of ether oxygens (including phenoxy) is 1. The molecule has 0 aliphatic carbocycles. The zero-order chi connectivity index (χ0) is 43.0. The van der Waals surface area contributed by atoms with Crippen LogP contribution >= 0.6 is 0 Å². The molecule has 0 radical (unpaired) electrons. The summed E-state index contributed by atoms with van der Waals surface area (Å²) in [5.41, 5.74) is 0. The maximum atomic E-state index is 12.4. The lowest BCUT2D eigenvalue weighted by Crippen LogP contribution is -2.45. The molecule has 348 valence electrons. The molecule has 0 heterocycles. The van der Waals surface area contributed by atoms with Gasteiger partial charge in [-0.3, -0.25) is 9.59 Å². The second-order valence-corrected chi connectivity index (χ2v) is 17.8. The first kappa shape index (κ1) is 57.3. The highest BCUT2D eigenvalue weighted by Crippen LogP contribution is 2.16. The van der Waals surface area contributed by atoms with Gasteiger partial charge >= 0.3 is 5.97 Å². The molecule has 2 unspecified atom stereocenters. The van der Waals surface area contributed by atoms with Crippen molar-refractivity contribution in [3.05, 3.63) is 24.3 Å². The first-order valence-electron chi connectivity index (χ1n) is 26.1. The van der Waals surface area contributed by atoms with E-state index in [1.54, 1.807) is 0 Å². The van der Waals surface area contributed by atoms with Gasteiger partial charge in [0.2, 0.25) is 5.91 Å². The minimum atomic E-state index is -0.679. The van der Waals surface area contributed by atoms with Gasteiger partial charge < -0.3 is 20.3 Å². The third kappa shape index (κ3) is 45.7. The number of allylic oxidation sites excluding steroid dienone is 4. The molecule has 0 aromatic rings. The Labute approximate surface area is 367 Å². The normalized spacial score (nSPS) is 12.8. The standard InChI is InChI=1S/C53H101NO5/c1-3-5-7-9-11-13-15-17-18-19-20-22-27-31-35-39-43-47-53(58)59-48-44-40-36-32-28-24-23-26-30-34-38-42-46-52(57)54-50(49-55)51(56)45-41-37-33-29-25-21-16-14-12-10-8-6-4-2/h17-18,24,28,50-51,55-56H,3-16,19-23,25-27,29-49H2,1-2H3,(H,54,57)/b18-17-,28-24-. The molecular formula is C53H101NO5. The lowest BCUT2D eigenvalue weighted by atomic mass is 10.0. The summed E-state index contributed by atoms with van der Waals surface area (Å²) in [5, 5.41) is 23.2. The number of hydrogen-bond acceptors (Lipinski definition) is 5. The second-order valence-electron chi connectivity index (χ2n) is 17.8. The summed E-state index contributed by atoms with van der Waals surface area (Å²) in [4.78, 5) is 24.5. The molecule has 0 aromatic carbocycles. The molecule has 0 aliphatic heterocycles. The molecule has 0 aliphatic rings. The van der Waals surface area contributed by atoms with Gasteiger partial charge in [-0.2, -0.15) is 0 Å². The van der Waals surface area contributed by atoms with Crippen LogP contribution in [0.1, 0.15) is 277 Å². The Morgan fingerprint density at radius 1 is 0.458 bits per heavy atom. The SMILES string of the molecule is CCCCCCCC/C=C\CCCCCCCCCC(=O)OCCCCC/C=C\CCCCCCCC(=O)NC(CO)C(O)CCCCCCCCCCCCCCC. The molecule has 0 aromatic heterocycles. The average molecular weight is 832 g/mol. The van der Waals surface area contributed by atoms with Gasteiger partial charge in [0.15, 0.2) is 0 Å². The first-order chi connectivity index (χ1) is 29.0. The monoisotopic (exact) mass is 832 g/mol. The Balaban J connectivity index is 3.49. The van der Waals surface area contributed by atoms with Gasteiger partial charge in [0, 0.05) is 12.8 Å². The summed E-state index contributed by atoms with van der Waals surface area (Å²) < 4.78 is 5.45. The van der Waals surface area contributed by atoms with Gasteiger partial charge in [0.25, 0.3) is 0 Å². The van der Waals surface area contributed by atoms with Crippen LogP contribution in [0.3, 0.4) is 0 Å². The predicted octanol–water partition coefficient (Wildman–Crippen LogP) is 15.5. The minimum absolute atomic E-state index is 0.0262.